The number of nitriles is 1. The summed E-state index contributed by atoms with van der Waals surface area (Å²) in [6.45, 7) is 11.4. The summed E-state index contributed by atoms with van der Waals surface area (Å²) in [6, 6.07) is 5.92. The summed E-state index contributed by atoms with van der Waals surface area (Å²) >= 11 is 0. The lowest BCUT2D eigenvalue weighted by Crippen LogP contribution is -2.60. The molecule has 1 aromatic rings. The van der Waals surface area contributed by atoms with Gasteiger partial charge in [-0.05, 0) is 38.0 Å². The molecule has 4 atom stereocenters. The van der Waals surface area contributed by atoms with Gasteiger partial charge in [-0.2, -0.15) is 5.26 Å². The average molecular weight is 409 g/mol. The van der Waals surface area contributed by atoms with Gasteiger partial charge in [0.1, 0.15) is 25.3 Å². The molecule has 1 aromatic carbocycles. The Bertz CT molecular complexity index is 922. The molecule has 0 unspecified atom stereocenters. The summed E-state index contributed by atoms with van der Waals surface area (Å²) in [4.78, 5) is 29.1. The van der Waals surface area contributed by atoms with Crippen molar-refractivity contribution in [1.82, 2.24) is 9.80 Å². The number of carbonyl (C=O) groups is 2. The van der Waals surface area contributed by atoms with Gasteiger partial charge in [-0.15, -0.1) is 0 Å². The van der Waals surface area contributed by atoms with Gasteiger partial charge in [0.2, 0.25) is 11.8 Å². The van der Waals surface area contributed by atoms with E-state index in [0.717, 1.165) is 5.56 Å². The van der Waals surface area contributed by atoms with Crippen LogP contribution in [0.5, 0.6) is 11.5 Å². The van der Waals surface area contributed by atoms with Gasteiger partial charge in [-0.1, -0.05) is 31.4 Å². The molecule has 7 nitrogen and oxygen atoms in total. The molecule has 0 radical (unpaired) electrons. The Morgan fingerprint density at radius 2 is 1.83 bits per heavy atom. The first-order valence-electron chi connectivity index (χ1n) is 9.90. The second-order valence-electron chi connectivity index (χ2n) is 7.93. The predicted octanol–water partition coefficient (Wildman–Crippen LogP) is 2.85. The van der Waals surface area contributed by atoms with Crippen molar-refractivity contribution in [3.05, 3.63) is 49.1 Å². The van der Waals surface area contributed by atoms with Gasteiger partial charge >= 0.3 is 0 Å². The first-order valence-corrected chi connectivity index (χ1v) is 9.90. The summed E-state index contributed by atoms with van der Waals surface area (Å²) in [7, 11) is 1.63. The van der Waals surface area contributed by atoms with E-state index in [1.54, 1.807) is 50.1 Å². The molecule has 0 saturated carbocycles. The number of nitrogens with zero attached hydrogens (tertiary/aromatic N) is 3. The highest BCUT2D eigenvalue weighted by Gasteiger charge is 2.58. The lowest BCUT2D eigenvalue weighted by Gasteiger charge is -2.42. The van der Waals surface area contributed by atoms with Crippen LogP contribution in [0.15, 0.2) is 43.5 Å². The fraction of sp³-hybridized carbons (Fsp3) is 0.435. The number of fused-ring (bicyclic) bond motifs is 1. The lowest BCUT2D eigenvalue weighted by atomic mass is 9.79. The van der Waals surface area contributed by atoms with E-state index in [9.17, 15) is 14.9 Å². The van der Waals surface area contributed by atoms with Crippen LogP contribution in [0, 0.1) is 16.7 Å². The molecule has 0 aromatic heterocycles. The largest absolute Gasteiger partial charge is 0.486 e. The van der Waals surface area contributed by atoms with E-state index in [2.05, 4.69) is 19.2 Å². The molecule has 0 aliphatic carbocycles. The molecule has 2 amide bonds. The Hall–Kier alpha value is -3.27. The summed E-state index contributed by atoms with van der Waals surface area (Å²) in [5, 5.41) is 10.00. The zero-order valence-electron chi connectivity index (χ0n) is 17.6. The molecule has 0 spiro atoms. The van der Waals surface area contributed by atoms with Crippen LogP contribution in [0.4, 0.5) is 0 Å². The fourth-order valence-corrected chi connectivity index (χ4v) is 4.25. The summed E-state index contributed by atoms with van der Waals surface area (Å²) in [5.41, 5.74) is -0.190. The highest BCUT2D eigenvalue weighted by atomic mass is 16.5. The number of amides is 2. The second-order valence-corrected chi connectivity index (χ2v) is 7.93. The standard InChI is InChI=1S/C23H27N3O4/c1-6-10-29-18-9-8-16(12-19(18)30-11-7-2)20-23(4,14-24)13-17-22(28)25(5)15(3)21(27)26(17)20/h6-9,12,15,17,20H,1-2,10-11,13H2,3-5H3/t15-,17+,20+,23-/m1/s1. The Morgan fingerprint density at radius 1 is 1.20 bits per heavy atom. The number of hydrogen-bond acceptors (Lipinski definition) is 5. The first kappa shape index (κ1) is 21.4. The molecule has 30 heavy (non-hydrogen) atoms. The third-order valence-corrected chi connectivity index (χ3v) is 5.91. The molecule has 0 bridgehead atoms. The Balaban J connectivity index is 2.08. The molecular formula is C23H27N3O4. The number of hydrogen-bond donors (Lipinski definition) is 0. The molecule has 158 valence electrons. The SMILES string of the molecule is C=CCOc1ccc([C@@H]2N3C(=O)[C@@H](C)N(C)C(=O)[C@@H]3C[C@]2(C)C#N)cc1OCC=C. The van der Waals surface area contributed by atoms with Crippen LogP contribution in [0.25, 0.3) is 0 Å². The maximum atomic E-state index is 13.2. The number of benzene rings is 1. The second kappa shape index (κ2) is 8.23. The van der Waals surface area contributed by atoms with Crippen molar-refractivity contribution < 1.29 is 19.1 Å². The third-order valence-electron chi connectivity index (χ3n) is 5.91. The van der Waals surface area contributed by atoms with Gasteiger partial charge < -0.3 is 19.3 Å². The quantitative estimate of drug-likeness (QED) is 0.647. The highest BCUT2D eigenvalue weighted by molar-refractivity contribution is 5.97. The Morgan fingerprint density at radius 3 is 2.43 bits per heavy atom. The van der Waals surface area contributed by atoms with Crippen molar-refractivity contribution in [2.75, 3.05) is 20.3 Å². The normalized spacial score (nSPS) is 28.0. The van der Waals surface area contributed by atoms with Crippen molar-refractivity contribution in [2.24, 2.45) is 5.41 Å². The van der Waals surface area contributed by atoms with Gasteiger partial charge in [-0.3, -0.25) is 9.59 Å². The number of ether oxygens (including phenoxy) is 2. The van der Waals surface area contributed by atoms with E-state index in [4.69, 9.17) is 9.47 Å². The molecule has 3 rings (SSSR count). The molecule has 7 heteroatoms. The van der Waals surface area contributed by atoms with Gasteiger partial charge in [0, 0.05) is 7.05 Å². The molecule has 2 fully saturated rings. The first-order chi connectivity index (χ1) is 14.3. The average Bonchev–Trinajstić information content (AvgIpc) is 3.07. The maximum absolute atomic E-state index is 13.2. The minimum Gasteiger partial charge on any atom is -0.486 e. The van der Waals surface area contributed by atoms with Crippen LogP contribution in [0.2, 0.25) is 0 Å². The van der Waals surface area contributed by atoms with Crippen LogP contribution < -0.4 is 9.47 Å². The van der Waals surface area contributed by atoms with E-state index < -0.39 is 23.5 Å². The zero-order valence-corrected chi connectivity index (χ0v) is 17.6. The van der Waals surface area contributed by atoms with Crippen molar-refractivity contribution in [3.8, 4) is 17.6 Å². The van der Waals surface area contributed by atoms with E-state index in [1.807, 2.05) is 6.07 Å². The van der Waals surface area contributed by atoms with Gasteiger partial charge in [0.15, 0.2) is 11.5 Å². The minimum absolute atomic E-state index is 0.139. The summed E-state index contributed by atoms with van der Waals surface area (Å²) in [5.74, 6) is 0.716. The van der Waals surface area contributed by atoms with E-state index in [1.165, 1.54) is 4.90 Å². The monoisotopic (exact) mass is 409 g/mol. The molecule has 2 aliphatic heterocycles. The van der Waals surface area contributed by atoms with Gasteiger partial charge in [0.05, 0.1) is 17.5 Å². The number of rotatable bonds is 7. The summed E-state index contributed by atoms with van der Waals surface area (Å²) < 4.78 is 11.4. The topological polar surface area (TPSA) is 82.9 Å². The minimum atomic E-state index is -0.917. The van der Waals surface area contributed by atoms with Crippen molar-refractivity contribution in [1.29, 1.82) is 5.26 Å². The van der Waals surface area contributed by atoms with Crippen molar-refractivity contribution >= 4 is 11.8 Å². The van der Waals surface area contributed by atoms with Gasteiger partial charge in [-0.25, -0.2) is 0 Å². The smallest absolute Gasteiger partial charge is 0.246 e. The number of likely N-dealkylation sites (N-methyl/N-ethyl adjacent to an activating group) is 1. The van der Waals surface area contributed by atoms with Crippen molar-refractivity contribution in [3.63, 3.8) is 0 Å². The molecule has 2 heterocycles. The lowest BCUT2D eigenvalue weighted by molar-refractivity contribution is -0.159. The molecule has 0 N–H and O–H groups in total. The number of carbonyl (C=O) groups excluding carboxylic acids is 2. The molecule has 2 saturated heterocycles. The van der Waals surface area contributed by atoms with Gasteiger partial charge in [0.25, 0.3) is 0 Å². The molecular weight excluding hydrogens is 382 g/mol. The van der Waals surface area contributed by atoms with Crippen LogP contribution in [-0.2, 0) is 9.59 Å². The van der Waals surface area contributed by atoms with Crippen LogP contribution in [-0.4, -0.2) is 54.0 Å². The summed E-state index contributed by atoms with van der Waals surface area (Å²) in [6.07, 6.45) is 3.54. The van der Waals surface area contributed by atoms with E-state index in [0.29, 0.717) is 18.1 Å². The maximum Gasteiger partial charge on any atom is 0.246 e. The Labute approximate surface area is 177 Å². The van der Waals surface area contributed by atoms with E-state index >= 15 is 0 Å². The fourth-order valence-electron chi connectivity index (χ4n) is 4.25. The third kappa shape index (κ3) is 3.43. The highest BCUT2D eigenvalue weighted by Crippen LogP contribution is 2.52. The van der Waals surface area contributed by atoms with Crippen LogP contribution >= 0.6 is 0 Å². The zero-order chi connectivity index (χ0) is 22.1. The Kier molecular flexibility index (Phi) is 5.88. The predicted molar refractivity (Wildman–Crippen MR) is 112 cm³/mol. The van der Waals surface area contributed by atoms with Crippen LogP contribution in [0.3, 0.4) is 0 Å². The molecule has 2 aliphatic rings. The van der Waals surface area contributed by atoms with Crippen molar-refractivity contribution in [2.45, 2.75) is 38.4 Å². The number of piperazine rings is 1. The van der Waals surface area contributed by atoms with E-state index in [-0.39, 0.29) is 24.8 Å². The van der Waals surface area contributed by atoms with Crippen LogP contribution in [0.1, 0.15) is 31.9 Å².